The first-order valence-corrected chi connectivity index (χ1v) is 3.28. The van der Waals surface area contributed by atoms with Crippen molar-refractivity contribution in [3.8, 4) is 18.4 Å². The lowest BCUT2D eigenvalue weighted by molar-refractivity contribution is -0.133. The molecule has 0 aliphatic carbocycles. The van der Waals surface area contributed by atoms with E-state index in [1.165, 1.54) is 4.90 Å². The van der Waals surface area contributed by atoms with Crippen molar-refractivity contribution < 1.29 is 4.79 Å². The summed E-state index contributed by atoms with van der Waals surface area (Å²) in [6, 6.07) is 2.12. The van der Waals surface area contributed by atoms with Crippen molar-refractivity contribution in [1.82, 2.24) is 4.90 Å². The molecule has 1 rings (SSSR count). The normalized spacial score (nSPS) is 19.4. The third-order valence-electron chi connectivity index (χ3n) is 1.76. The minimum atomic E-state index is -0.369. The molecule has 3 heteroatoms. The van der Waals surface area contributed by atoms with Gasteiger partial charge in [-0.1, -0.05) is 0 Å². The van der Waals surface area contributed by atoms with Gasteiger partial charge in [-0.2, -0.15) is 5.26 Å². The number of likely N-dealkylation sites (tertiary alicyclic amines) is 1. The highest BCUT2D eigenvalue weighted by molar-refractivity contribution is 5.93. The van der Waals surface area contributed by atoms with Gasteiger partial charge in [-0.25, -0.2) is 0 Å². The molecule has 56 valence electrons. The summed E-state index contributed by atoms with van der Waals surface area (Å²) in [6.45, 7) is 2.74. The molecule has 0 saturated carbocycles. The maximum Gasteiger partial charge on any atom is 0.298 e. The fourth-order valence-corrected chi connectivity index (χ4v) is 1.10. The summed E-state index contributed by atoms with van der Waals surface area (Å²) in [5.74, 6) is 1.68. The Morgan fingerprint density at radius 3 is 2.64 bits per heavy atom. The summed E-state index contributed by atoms with van der Waals surface area (Å²) in [5.41, 5.74) is -0.369. The molecule has 0 radical (unpaired) electrons. The number of rotatable bonds is 0. The van der Waals surface area contributed by atoms with Crippen LogP contribution in [0.15, 0.2) is 0 Å². The van der Waals surface area contributed by atoms with Crippen LogP contribution in [-0.4, -0.2) is 23.9 Å². The predicted molar refractivity (Wildman–Crippen MR) is 39.1 cm³/mol. The second kappa shape index (κ2) is 2.29. The minimum Gasteiger partial charge on any atom is -0.329 e. The predicted octanol–water partition coefficient (Wildman–Crippen LogP) is -0.00832. The topological polar surface area (TPSA) is 44.1 Å². The first-order valence-electron chi connectivity index (χ1n) is 3.28. The van der Waals surface area contributed by atoms with E-state index in [0.717, 1.165) is 0 Å². The zero-order valence-corrected chi connectivity index (χ0v) is 6.29. The Bertz CT molecular complexity index is 263. The summed E-state index contributed by atoms with van der Waals surface area (Å²) in [6.07, 6.45) is 4.89. The van der Waals surface area contributed by atoms with Gasteiger partial charge in [0.1, 0.15) is 0 Å². The van der Waals surface area contributed by atoms with E-state index in [1.54, 1.807) is 0 Å². The maximum absolute atomic E-state index is 10.8. The number of carbonyl (C=O) groups is 1. The van der Waals surface area contributed by atoms with Crippen molar-refractivity contribution in [2.75, 3.05) is 13.1 Å². The van der Waals surface area contributed by atoms with Crippen LogP contribution in [0.4, 0.5) is 0 Å². The molecule has 0 N–H and O–H groups in total. The van der Waals surface area contributed by atoms with Gasteiger partial charge in [-0.15, -0.1) is 6.42 Å². The average molecular weight is 148 g/mol. The van der Waals surface area contributed by atoms with Gasteiger partial charge in [0.15, 0.2) is 0 Å². The van der Waals surface area contributed by atoms with Crippen molar-refractivity contribution in [3.05, 3.63) is 0 Å². The van der Waals surface area contributed by atoms with Gasteiger partial charge in [-0.05, 0) is 12.8 Å². The van der Waals surface area contributed by atoms with Gasteiger partial charge in [0.05, 0.1) is 11.5 Å². The highest BCUT2D eigenvalue weighted by atomic mass is 16.2. The van der Waals surface area contributed by atoms with Crippen LogP contribution in [0.2, 0.25) is 0 Å². The Hall–Kier alpha value is -1.48. The van der Waals surface area contributed by atoms with Crippen molar-refractivity contribution in [2.24, 2.45) is 5.41 Å². The molecule has 1 aliphatic heterocycles. The van der Waals surface area contributed by atoms with E-state index in [0.29, 0.717) is 13.1 Å². The first kappa shape index (κ1) is 7.63. The number of amides is 1. The number of hydrogen-bond acceptors (Lipinski definition) is 2. The molecule has 1 heterocycles. The quantitative estimate of drug-likeness (QED) is 0.453. The van der Waals surface area contributed by atoms with E-state index in [-0.39, 0.29) is 11.3 Å². The third-order valence-corrected chi connectivity index (χ3v) is 1.76. The number of terminal acetylenes is 1. The van der Waals surface area contributed by atoms with E-state index in [9.17, 15) is 4.79 Å². The SMILES string of the molecule is C#CC(=O)N1CC(C)(C#N)C1. The summed E-state index contributed by atoms with van der Waals surface area (Å²) in [4.78, 5) is 12.3. The zero-order chi connectivity index (χ0) is 8.48. The van der Waals surface area contributed by atoms with Gasteiger partial charge in [0.25, 0.3) is 5.91 Å². The smallest absolute Gasteiger partial charge is 0.298 e. The van der Waals surface area contributed by atoms with Crippen molar-refractivity contribution >= 4 is 5.91 Å². The molecule has 11 heavy (non-hydrogen) atoms. The van der Waals surface area contributed by atoms with Crippen molar-refractivity contribution in [1.29, 1.82) is 5.26 Å². The van der Waals surface area contributed by atoms with Gasteiger partial charge in [0, 0.05) is 13.1 Å². The number of nitriles is 1. The number of carbonyl (C=O) groups excluding carboxylic acids is 1. The molecule has 1 amide bonds. The molecule has 0 aromatic heterocycles. The largest absolute Gasteiger partial charge is 0.329 e. The van der Waals surface area contributed by atoms with E-state index in [1.807, 2.05) is 12.8 Å². The maximum atomic E-state index is 10.8. The van der Waals surface area contributed by atoms with E-state index < -0.39 is 0 Å². The average Bonchev–Trinajstić information content (AvgIpc) is 1.97. The Morgan fingerprint density at radius 1 is 1.73 bits per heavy atom. The van der Waals surface area contributed by atoms with E-state index >= 15 is 0 Å². The Labute approximate surface area is 65.6 Å². The van der Waals surface area contributed by atoms with Crippen LogP contribution in [0.1, 0.15) is 6.92 Å². The van der Waals surface area contributed by atoms with Crippen LogP contribution in [0, 0.1) is 29.1 Å². The summed E-state index contributed by atoms with van der Waals surface area (Å²) < 4.78 is 0. The Kier molecular flexibility index (Phi) is 1.58. The second-order valence-corrected chi connectivity index (χ2v) is 2.98. The van der Waals surface area contributed by atoms with Gasteiger partial charge in [0.2, 0.25) is 0 Å². The first-order chi connectivity index (χ1) is 5.11. The van der Waals surface area contributed by atoms with Gasteiger partial charge in [-0.3, -0.25) is 4.79 Å². The van der Waals surface area contributed by atoms with Crippen LogP contribution in [0.25, 0.3) is 0 Å². The summed E-state index contributed by atoms with van der Waals surface area (Å²) in [5, 5.41) is 8.58. The highest BCUT2D eigenvalue weighted by Gasteiger charge is 2.40. The molecule has 1 aliphatic rings. The monoisotopic (exact) mass is 148 g/mol. The van der Waals surface area contributed by atoms with Crippen LogP contribution >= 0.6 is 0 Å². The summed E-state index contributed by atoms with van der Waals surface area (Å²) >= 11 is 0. The van der Waals surface area contributed by atoms with Crippen LogP contribution < -0.4 is 0 Å². The van der Waals surface area contributed by atoms with E-state index in [4.69, 9.17) is 11.7 Å². The minimum absolute atomic E-state index is 0.322. The summed E-state index contributed by atoms with van der Waals surface area (Å²) in [7, 11) is 0. The molecule has 0 aromatic carbocycles. The van der Waals surface area contributed by atoms with E-state index in [2.05, 4.69) is 6.07 Å². The van der Waals surface area contributed by atoms with Crippen molar-refractivity contribution in [3.63, 3.8) is 0 Å². The Morgan fingerprint density at radius 2 is 2.27 bits per heavy atom. The molecule has 0 unspecified atom stereocenters. The van der Waals surface area contributed by atoms with Crippen molar-refractivity contribution in [2.45, 2.75) is 6.92 Å². The lowest BCUT2D eigenvalue weighted by Crippen LogP contribution is -2.55. The Balaban J connectivity index is 2.50. The number of nitrogens with zero attached hydrogens (tertiary/aromatic N) is 2. The molecule has 0 atom stereocenters. The van der Waals surface area contributed by atoms with Crippen LogP contribution in [0.3, 0.4) is 0 Å². The lowest BCUT2D eigenvalue weighted by Gasteiger charge is -2.42. The number of hydrogen-bond donors (Lipinski definition) is 0. The molecular formula is C8H8N2O. The molecule has 1 saturated heterocycles. The van der Waals surface area contributed by atoms with Gasteiger partial charge < -0.3 is 4.90 Å². The third kappa shape index (κ3) is 1.18. The zero-order valence-electron chi connectivity index (χ0n) is 6.29. The molecule has 0 spiro atoms. The second-order valence-electron chi connectivity index (χ2n) is 2.98. The molecule has 3 nitrogen and oxygen atoms in total. The van der Waals surface area contributed by atoms with Crippen LogP contribution in [-0.2, 0) is 4.79 Å². The van der Waals surface area contributed by atoms with Gasteiger partial charge >= 0.3 is 0 Å². The standard InChI is InChI=1S/C8H8N2O/c1-3-7(11)10-5-8(2,4-9)6-10/h1H,5-6H2,2H3. The lowest BCUT2D eigenvalue weighted by atomic mass is 9.84. The van der Waals surface area contributed by atoms with Crippen LogP contribution in [0.5, 0.6) is 0 Å². The molecule has 1 fully saturated rings. The fourth-order valence-electron chi connectivity index (χ4n) is 1.10. The molecule has 0 bridgehead atoms. The highest BCUT2D eigenvalue weighted by Crippen LogP contribution is 2.28. The molecular weight excluding hydrogens is 140 g/mol. The molecule has 0 aromatic rings. The fraction of sp³-hybridized carbons (Fsp3) is 0.500.